The van der Waals surface area contributed by atoms with Crippen LogP contribution in [-0.4, -0.2) is 49.2 Å². The van der Waals surface area contributed by atoms with Crippen molar-refractivity contribution in [1.29, 1.82) is 0 Å². The Bertz CT molecular complexity index is 301. The molecular weight excluding hydrogens is 200 g/mol. The number of aromatic nitrogens is 1. The van der Waals surface area contributed by atoms with E-state index in [4.69, 9.17) is 0 Å². The summed E-state index contributed by atoms with van der Waals surface area (Å²) >= 11 is 0. The number of hydrogen-bond donors (Lipinski definition) is 2. The minimum Gasteiger partial charge on any atom is -0.314 e. The highest BCUT2D eigenvalue weighted by Gasteiger charge is 2.17. The lowest BCUT2D eigenvalue weighted by Crippen LogP contribution is -2.53. The SMILES string of the molecule is CN1CCNCC1CNCc1ccncc1. The zero-order chi connectivity index (χ0) is 11.2. The molecule has 2 heterocycles. The van der Waals surface area contributed by atoms with E-state index in [-0.39, 0.29) is 0 Å². The predicted molar refractivity (Wildman–Crippen MR) is 65.2 cm³/mol. The summed E-state index contributed by atoms with van der Waals surface area (Å²) in [5, 5.41) is 6.91. The molecule has 1 fully saturated rings. The van der Waals surface area contributed by atoms with Crippen molar-refractivity contribution in [2.45, 2.75) is 12.6 Å². The lowest BCUT2D eigenvalue weighted by atomic mass is 10.2. The van der Waals surface area contributed by atoms with Gasteiger partial charge >= 0.3 is 0 Å². The summed E-state index contributed by atoms with van der Waals surface area (Å²) in [5.74, 6) is 0. The second kappa shape index (κ2) is 5.94. The van der Waals surface area contributed by atoms with Crippen LogP contribution in [0.25, 0.3) is 0 Å². The molecule has 0 spiro atoms. The molecule has 2 N–H and O–H groups in total. The zero-order valence-corrected chi connectivity index (χ0v) is 9.82. The van der Waals surface area contributed by atoms with E-state index in [1.165, 1.54) is 5.56 Å². The van der Waals surface area contributed by atoms with E-state index in [2.05, 4.69) is 39.7 Å². The molecule has 1 aliphatic heterocycles. The third-order valence-corrected chi connectivity index (χ3v) is 3.10. The number of pyridine rings is 1. The van der Waals surface area contributed by atoms with Gasteiger partial charge in [-0.05, 0) is 24.7 Å². The number of nitrogens with one attached hydrogen (secondary N) is 2. The maximum atomic E-state index is 4.01. The van der Waals surface area contributed by atoms with Crippen LogP contribution in [0, 0.1) is 0 Å². The summed E-state index contributed by atoms with van der Waals surface area (Å²) in [7, 11) is 2.19. The maximum Gasteiger partial charge on any atom is 0.0342 e. The van der Waals surface area contributed by atoms with Crippen molar-refractivity contribution in [3.05, 3.63) is 30.1 Å². The van der Waals surface area contributed by atoms with E-state index < -0.39 is 0 Å². The largest absolute Gasteiger partial charge is 0.314 e. The lowest BCUT2D eigenvalue weighted by molar-refractivity contribution is 0.195. The van der Waals surface area contributed by atoms with Crippen molar-refractivity contribution in [3.8, 4) is 0 Å². The predicted octanol–water partition coefficient (Wildman–Crippen LogP) is 0.0748. The second-order valence-electron chi connectivity index (χ2n) is 4.32. The Labute approximate surface area is 97.1 Å². The average molecular weight is 220 g/mol. The standard InChI is InChI=1S/C12H20N4/c1-16-7-6-14-9-12(16)10-15-8-11-2-4-13-5-3-11/h2-5,12,14-15H,6-10H2,1H3. The molecule has 1 atom stereocenters. The summed E-state index contributed by atoms with van der Waals surface area (Å²) in [6.45, 7) is 5.29. The van der Waals surface area contributed by atoms with Crippen molar-refractivity contribution < 1.29 is 0 Å². The Hall–Kier alpha value is -0.970. The molecule has 0 amide bonds. The van der Waals surface area contributed by atoms with Crippen LogP contribution in [0.3, 0.4) is 0 Å². The molecule has 1 unspecified atom stereocenters. The summed E-state index contributed by atoms with van der Waals surface area (Å²) in [4.78, 5) is 6.42. The van der Waals surface area contributed by atoms with Gasteiger partial charge in [0, 0.05) is 51.2 Å². The van der Waals surface area contributed by atoms with E-state index in [0.29, 0.717) is 6.04 Å². The molecule has 16 heavy (non-hydrogen) atoms. The van der Waals surface area contributed by atoms with Gasteiger partial charge in [0.25, 0.3) is 0 Å². The third-order valence-electron chi connectivity index (χ3n) is 3.10. The lowest BCUT2D eigenvalue weighted by Gasteiger charge is -2.33. The van der Waals surface area contributed by atoms with E-state index in [1.54, 1.807) is 0 Å². The molecule has 1 aromatic rings. The van der Waals surface area contributed by atoms with Crippen LogP contribution >= 0.6 is 0 Å². The quantitative estimate of drug-likeness (QED) is 0.753. The van der Waals surface area contributed by atoms with Crippen LogP contribution in [0.1, 0.15) is 5.56 Å². The smallest absolute Gasteiger partial charge is 0.0342 e. The van der Waals surface area contributed by atoms with Crippen LogP contribution in [0.5, 0.6) is 0 Å². The van der Waals surface area contributed by atoms with E-state index in [1.807, 2.05) is 12.4 Å². The Kier molecular flexibility index (Phi) is 4.27. The number of hydrogen-bond acceptors (Lipinski definition) is 4. The molecule has 1 saturated heterocycles. The molecule has 1 aliphatic rings. The van der Waals surface area contributed by atoms with Gasteiger partial charge in [0.1, 0.15) is 0 Å². The molecule has 0 aromatic carbocycles. The number of piperazine rings is 1. The highest BCUT2D eigenvalue weighted by molar-refractivity contribution is 5.09. The second-order valence-corrected chi connectivity index (χ2v) is 4.32. The Balaban J connectivity index is 1.71. The normalized spacial score (nSPS) is 22.2. The summed E-state index contributed by atoms with van der Waals surface area (Å²) in [5.41, 5.74) is 1.29. The molecule has 1 aromatic heterocycles. The van der Waals surface area contributed by atoms with Gasteiger partial charge < -0.3 is 10.6 Å². The highest BCUT2D eigenvalue weighted by Crippen LogP contribution is 1.99. The van der Waals surface area contributed by atoms with Crippen molar-refractivity contribution in [2.24, 2.45) is 0 Å². The first kappa shape index (κ1) is 11.5. The van der Waals surface area contributed by atoms with Crippen LogP contribution in [0.15, 0.2) is 24.5 Å². The van der Waals surface area contributed by atoms with Gasteiger partial charge in [-0.2, -0.15) is 0 Å². The van der Waals surface area contributed by atoms with Crippen LogP contribution < -0.4 is 10.6 Å². The minimum atomic E-state index is 0.607. The summed E-state index contributed by atoms with van der Waals surface area (Å²) in [6, 6.07) is 4.71. The fourth-order valence-corrected chi connectivity index (χ4v) is 1.97. The molecule has 2 rings (SSSR count). The zero-order valence-electron chi connectivity index (χ0n) is 9.82. The van der Waals surface area contributed by atoms with Crippen molar-refractivity contribution >= 4 is 0 Å². The molecule has 4 nitrogen and oxygen atoms in total. The van der Waals surface area contributed by atoms with E-state index in [9.17, 15) is 0 Å². The molecule has 0 saturated carbocycles. The van der Waals surface area contributed by atoms with Crippen molar-refractivity contribution in [1.82, 2.24) is 20.5 Å². The first-order valence-electron chi connectivity index (χ1n) is 5.87. The van der Waals surface area contributed by atoms with Gasteiger partial charge in [-0.15, -0.1) is 0 Å². The summed E-state index contributed by atoms with van der Waals surface area (Å²) < 4.78 is 0. The molecular formula is C12H20N4. The van der Waals surface area contributed by atoms with E-state index >= 15 is 0 Å². The number of rotatable bonds is 4. The monoisotopic (exact) mass is 220 g/mol. The van der Waals surface area contributed by atoms with Crippen LogP contribution in [0.4, 0.5) is 0 Å². The Morgan fingerprint density at radius 3 is 3.06 bits per heavy atom. The average Bonchev–Trinajstić information content (AvgIpc) is 2.33. The van der Waals surface area contributed by atoms with Gasteiger partial charge in [-0.25, -0.2) is 0 Å². The van der Waals surface area contributed by atoms with Crippen molar-refractivity contribution in [3.63, 3.8) is 0 Å². The number of likely N-dealkylation sites (N-methyl/N-ethyl adjacent to an activating group) is 1. The van der Waals surface area contributed by atoms with Gasteiger partial charge in [-0.3, -0.25) is 9.88 Å². The van der Waals surface area contributed by atoms with Gasteiger partial charge in [0.15, 0.2) is 0 Å². The molecule has 0 bridgehead atoms. The first-order valence-corrected chi connectivity index (χ1v) is 5.87. The van der Waals surface area contributed by atoms with Crippen LogP contribution in [-0.2, 0) is 6.54 Å². The third kappa shape index (κ3) is 3.27. The Morgan fingerprint density at radius 1 is 1.50 bits per heavy atom. The van der Waals surface area contributed by atoms with Gasteiger partial charge in [-0.1, -0.05) is 0 Å². The first-order chi connectivity index (χ1) is 7.86. The Morgan fingerprint density at radius 2 is 2.31 bits per heavy atom. The van der Waals surface area contributed by atoms with Gasteiger partial charge in [0.05, 0.1) is 0 Å². The fourth-order valence-electron chi connectivity index (χ4n) is 1.97. The van der Waals surface area contributed by atoms with Crippen molar-refractivity contribution in [2.75, 3.05) is 33.2 Å². The highest BCUT2D eigenvalue weighted by atomic mass is 15.2. The molecule has 4 heteroatoms. The van der Waals surface area contributed by atoms with E-state index in [0.717, 1.165) is 32.7 Å². The fraction of sp³-hybridized carbons (Fsp3) is 0.583. The summed E-state index contributed by atoms with van der Waals surface area (Å²) in [6.07, 6.45) is 3.68. The number of nitrogens with zero attached hydrogens (tertiary/aromatic N) is 2. The maximum absolute atomic E-state index is 4.01. The molecule has 0 radical (unpaired) electrons. The van der Waals surface area contributed by atoms with Gasteiger partial charge in [0.2, 0.25) is 0 Å². The molecule has 0 aliphatic carbocycles. The molecule has 88 valence electrons. The minimum absolute atomic E-state index is 0.607. The topological polar surface area (TPSA) is 40.2 Å². The van der Waals surface area contributed by atoms with Crippen LogP contribution in [0.2, 0.25) is 0 Å².